The van der Waals surface area contributed by atoms with Crippen molar-refractivity contribution in [3.05, 3.63) is 83.9 Å². The Morgan fingerprint density at radius 2 is 1.55 bits per heavy atom. The third kappa shape index (κ3) is 8.56. The molecule has 1 atom stereocenters. The first-order valence-electron chi connectivity index (χ1n) is 11.2. The number of alkyl halides is 7. The van der Waals surface area contributed by atoms with E-state index in [-0.39, 0.29) is 12.1 Å². The Bertz CT molecular complexity index is 1180. The van der Waals surface area contributed by atoms with Crippen LogP contribution in [0.15, 0.2) is 72.8 Å². The Morgan fingerprint density at radius 1 is 0.868 bits per heavy atom. The van der Waals surface area contributed by atoms with E-state index in [4.69, 9.17) is 4.74 Å². The van der Waals surface area contributed by atoms with Gasteiger partial charge in [-0.2, -0.15) is 0 Å². The van der Waals surface area contributed by atoms with Crippen LogP contribution in [0.2, 0.25) is 0 Å². The minimum atomic E-state index is -4.89. The molecule has 0 amide bonds. The van der Waals surface area contributed by atoms with E-state index in [9.17, 15) is 35.8 Å². The summed E-state index contributed by atoms with van der Waals surface area (Å²) in [6, 6.07) is 19.1. The summed E-state index contributed by atoms with van der Waals surface area (Å²) < 4.78 is 101. The topological polar surface area (TPSA) is 41.9 Å². The summed E-state index contributed by atoms with van der Waals surface area (Å²) in [6.07, 6.45) is -16.4. The molecule has 38 heavy (non-hydrogen) atoms. The van der Waals surface area contributed by atoms with Crippen LogP contribution in [0, 0.1) is 0 Å². The molecule has 1 N–H and O–H groups in total. The van der Waals surface area contributed by atoms with E-state index in [0.29, 0.717) is 5.69 Å². The van der Waals surface area contributed by atoms with Gasteiger partial charge in [0.1, 0.15) is 0 Å². The van der Waals surface area contributed by atoms with Gasteiger partial charge in [0.2, 0.25) is 0 Å². The molecule has 3 rings (SSSR count). The average molecular weight is 606 g/mol. The molecule has 205 valence electrons. The molecule has 1 radical (unpaired) electrons. The standard InChI is InChI=1S/C26H24AsF7NO3/c1-37-21-10-8-17(9-11-21)14-27-19-5-3-6-20(13-19)35(16-23(36)25(30,31)32)15-18-4-2-7-22(12-18)38-26(33,34)24(28)29/h2-13,23-24,36H,14-16H2,1H3. The van der Waals surface area contributed by atoms with Gasteiger partial charge in [0.05, 0.1) is 0 Å². The molecule has 0 aliphatic carbocycles. The fourth-order valence-electron chi connectivity index (χ4n) is 3.40. The van der Waals surface area contributed by atoms with Crippen LogP contribution in [0.25, 0.3) is 0 Å². The van der Waals surface area contributed by atoms with E-state index >= 15 is 0 Å². The summed E-state index contributed by atoms with van der Waals surface area (Å²) in [7, 11) is 1.57. The van der Waals surface area contributed by atoms with Gasteiger partial charge in [-0.15, -0.1) is 0 Å². The summed E-state index contributed by atoms with van der Waals surface area (Å²) >= 11 is -0.399. The summed E-state index contributed by atoms with van der Waals surface area (Å²) in [5, 5.41) is 10.5. The summed E-state index contributed by atoms with van der Waals surface area (Å²) in [6.45, 7) is -1.07. The van der Waals surface area contributed by atoms with Gasteiger partial charge >= 0.3 is 222 Å². The van der Waals surface area contributed by atoms with Gasteiger partial charge in [-0.1, -0.05) is 0 Å². The fraction of sp³-hybridized carbons (Fsp3) is 0.308. The Morgan fingerprint density at radius 3 is 2.18 bits per heavy atom. The predicted molar refractivity (Wildman–Crippen MR) is 130 cm³/mol. The molecule has 3 aromatic rings. The van der Waals surface area contributed by atoms with Crippen molar-refractivity contribution in [3.63, 3.8) is 0 Å². The maximum atomic E-state index is 13.3. The van der Waals surface area contributed by atoms with Crippen LogP contribution in [-0.2, 0) is 11.8 Å². The SMILES string of the molecule is COc1ccc(C[As]c2cccc(N(Cc3cccc(OC(F)(F)C(F)F)c3)CC(O)C(F)(F)F)c2)cc1. The maximum absolute atomic E-state index is 13.3. The van der Waals surface area contributed by atoms with Gasteiger partial charge in [-0.05, 0) is 0 Å². The zero-order valence-electron chi connectivity index (χ0n) is 20.0. The van der Waals surface area contributed by atoms with Gasteiger partial charge in [-0.3, -0.25) is 0 Å². The number of anilines is 1. The second-order valence-corrected chi connectivity index (χ2v) is 10.6. The zero-order valence-corrected chi connectivity index (χ0v) is 21.9. The quantitative estimate of drug-likeness (QED) is 0.222. The van der Waals surface area contributed by atoms with Crippen molar-refractivity contribution >= 4 is 25.8 Å². The number of aliphatic hydroxyl groups is 1. The second kappa shape index (κ2) is 12.8. The van der Waals surface area contributed by atoms with Crippen LogP contribution in [0.3, 0.4) is 0 Å². The van der Waals surface area contributed by atoms with Crippen molar-refractivity contribution in [1.82, 2.24) is 0 Å². The van der Waals surface area contributed by atoms with E-state index in [1.165, 1.54) is 17.0 Å². The molecule has 0 heterocycles. The molecule has 4 nitrogen and oxygen atoms in total. The molecule has 12 heteroatoms. The molecule has 1 unspecified atom stereocenters. The normalized spacial score (nSPS) is 13.2. The van der Waals surface area contributed by atoms with E-state index in [0.717, 1.165) is 33.0 Å². The van der Waals surface area contributed by atoms with Crippen LogP contribution in [0.5, 0.6) is 11.5 Å². The number of rotatable bonds is 12. The predicted octanol–water partition coefficient (Wildman–Crippen LogP) is 5.39. The number of hydrogen-bond acceptors (Lipinski definition) is 4. The van der Waals surface area contributed by atoms with Crippen LogP contribution in [0.4, 0.5) is 36.4 Å². The number of aliphatic hydroxyl groups excluding tert-OH is 1. The number of halogens is 7. The molecule has 0 aromatic heterocycles. The average Bonchev–Trinajstić information content (AvgIpc) is 2.87. The van der Waals surface area contributed by atoms with Crippen molar-refractivity contribution in [2.75, 3.05) is 18.6 Å². The van der Waals surface area contributed by atoms with E-state index < -0.39 is 52.9 Å². The first kappa shape index (κ1) is 29.6. The molecule has 0 saturated heterocycles. The Hall–Kier alpha value is -2.91. The second-order valence-electron chi connectivity index (χ2n) is 8.23. The summed E-state index contributed by atoms with van der Waals surface area (Å²) in [4.78, 5) is 1.25. The summed E-state index contributed by atoms with van der Waals surface area (Å²) in [5.41, 5.74) is 1.66. The van der Waals surface area contributed by atoms with Gasteiger partial charge < -0.3 is 0 Å². The van der Waals surface area contributed by atoms with Gasteiger partial charge in [0.25, 0.3) is 0 Å². The molecule has 0 saturated carbocycles. The van der Waals surface area contributed by atoms with Crippen molar-refractivity contribution < 1.29 is 45.3 Å². The van der Waals surface area contributed by atoms with Crippen LogP contribution in [0.1, 0.15) is 11.1 Å². The molecular formula is C26H24AsF7NO3. The fourth-order valence-corrected chi connectivity index (χ4v) is 5.48. The van der Waals surface area contributed by atoms with E-state index in [2.05, 4.69) is 4.74 Å². The number of hydrogen-bond donors (Lipinski definition) is 1. The van der Waals surface area contributed by atoms with Gasteiger partial charge in [-0.25, -0.2) is 0 Å². The van der Waals surface area contributed by atoms with Crippen molar-refractivity contribution in [2.24, 2.45) is 0 Å². The zero-order chi connectivity index (χ0) is 27.9. The van der Waals surface area contributed by atoms with Crippen molar-refractivity contribution in [3.8, 4) is 11.5 Å². The Kier molecular flexibility index (Phi) is 9.95. The first-order chi connectivity index (χ1) is 17.9. The van der Waals surface area contributed by atoms with Crippen LogP contribution < -0.4 is 18.7 Å². The van der Waals surface area contributed by atoms with Crippen LogP contribution in [-0.4, -0.2) is 59.3 Å². The van der Waals surface area contributed by atoms with Crippen molar-refractivity contribution in [1.29, 1.82) is 0 Å². The van der Waals surface area contributed by atoms with Gasteiger partial charge in [0, 0.05) is 0 Å². The van der Waals surface area contributed by atoms with Gasteiger partial charge in [0.15, 0.2) is 0 Å². The molecule has 0 bridgehead atoms. The number of ether oxygens (including phenoxy) is 2. The van der Waals surface area contributed by atoms with E-state index in [1.54, 1.807) is 25.3 Å². The van der Waals surface area contributed by atoms with E-state index in [1.807, 2.05) is 30.3 Å². The molecule has 0 fully saturated rings. The minimum absolute atomic E-state index is 0.221. The molecule has 0 spiro atoms. The van der Waals surface area contributed by atoms with Crippen molar-refractivity contribution in [2.45, 2.75) is 36.6 Å². The number of nitrogens with zero attached hydrogens (tertiary/aromatic N) is 1. The first-order valence-corrected chi connectivity index (χ1v) is 13.5. The Balaban J connectivity index is 1.81. The molecule has 3 aromatic carbocycles. The van der Waals surface area contributed by atoms with Crippen LogP contribution >= 0.6 is 0 Å². The Labute approximate surface area is 221 Å². The third-order valence-electron chi connectivity index (χ3n) is 5.35. The molecule has 0 aliphatic heterocycles. The molecular weight excluding hydrogens is 582 g/mol. The molecule has 0 aliphatic rings. The third-order valence-corrected chi connectivity index (χ3v) is 7.80. The monoisotopic (exact) mass is 606 g/mol. The number of methoxy groups -OCH3 is 1. The summed E-state index contributed by atoms with van der Waals surface area (Å²) in [5.74, 6) is 0.153. The number of benzene rings is 3.